The van der Waals surface area contributed by atoms with Gasteiger partial charge in [-0.15, -0.1) is 5.10 Å². The molecule has 2 aromatic heterocycles. The third kappa shape index (κ3) is 3.34. The maximum atomic E-state index is 12.8. The molecule has 2 aliphatic rings. The van der Waals surface area contributed by atoms with E-state index in [1.807, 2.05) is 0 Å². The van der Waals surface area contributed by atoms with Crippen LogP contribution in [0.3, 0.4) is 0 Å². The monoisotopic (exact) mass is 360 g/mol. The Hall–Kier alpha value is -2.33. The number of tetrazole rings is 1. The maximum Gasteiger partial charge on any atom is 0.256 e. The number of nitrogens with zero attached hydrogens (tertiary/aromatic N) is 6. The van der Waals surface area contributed by atoms with E-state index in [9.17, 15) is 4.79 Å². The van der Waals surface area contributed by atoms with Gasteiger partial charge in [-0.3, -0.25) is 14.8 Å². The lowest BCUT2D eigenvalue weighted by atomic mass is 9.79. The largest absolute Gasteiger partial charge is 0.379 e. The molecule has 26 heavy (non-hydrogen) atoms. The molecule has 1 saturated heterocycles. The third-order valence-corrected chi connectivity index (χ3v) is 5.49. The highest BCUT2D eigenvalue weighted by atomic mass is 16.5. The van der Waals surface area contributed by atoms with E-state index in [0.717, 1.165) is 39.1 Å². The topological polar surface area (TPSA) is 114 Å². The number of carbonyl (C=O) groups excluding carboxylic acids is 1. The van der Waals surface area contributed by atoms with Gasteiger partial charge in [-0.05, 0) is 23.3 Å². The lowest BCUT2D eigenvalue weighted by Gasteiger charge is -2.48. The Bertz CT molecular complexity index is 716. The van der Waals surface area contributed by atoms with Crippen LogP contribution in [0.1, 0.15) is 42.5 Å². The van der Waals surface area contributed by atoms with Crippen LogP contribution < -0.4 is 5.32 Å². The van der Waals surface area contributed by atoms with Gasteiger partial charge in [-0.2, -0.15) is 9.78 Å². The van der Waals surface area contributed by atoms with Gasteiger partial charge in [0, 0.05) is 25.2 Å². The maximum absolute atomic E-state index is 12.8. The minimum Gasteiger partial charge on any atom is -0.379 e. The summed E-state index contributed by atoms with van der Waals surface area (Å²) < 4.78 is 6.92. The Kier molecular flexibility index (Phi) is 4.93. The average molecular weight is 360 g/mol. The first kappa shape index (κ1) is 17.1. The molecule has 3 heterocycles. The minimum absolute atomic E-state index is 0.0242. The zero-order chi connectivity index (χ0) is 17.8. The first-order chi connectivity index (χ1) is 12.8. The highest BCUT2D eigenvalue weighted by Crippen LogP contribution is 2.34. The second-order valence-corrected chi connectivity index (χ2v) is 6.95. The fourth-order valence-corrected chi connectivity index (χ4v) is 4.08. The fraction of sp³-hybridized carbons (Fsp3) is 0.688. The van der Waals surface area contributed by atoms with Gasteiger partial charge in [-0.1, -0.05) is 19.3 Å². The number of morpholine rings is 1. The molecule has 0 atom stereocenters. The molecule has 0 bridgehead atoms. The normalized spacial score (nSPS) is 20.8. The quantitative estimate of drug-likeness (QED) is 0.780. The molecule has 2 fully saturated rings. The van der Waals surface area contributed by atoms with E-state index in [1.54, 1.807) is 0 Å². The summed E-state index contributed by atoms with van der Waals surface area (Å²) in [5.41, 5.74) is 0.460. The van der Waals surface area contributed by atoms with Crippen LogP contribution in [0.4, 0.5) is 0 Å². The van der Waals surface area contributed by atoms with Crippen molar-refractivity contribution in [1.29, 1.82) is 0 Å². The van der Waals surface area contributed by atoms with Gasteiger partial charge in [0.05, 0.1) is 19.4 Å². The second-order valence-electron chi connectivity index (χ2n) is 6.95. The summed E-state index contributed by atoms with van der Waals surface area (Å²) >= 11 is 0. The van der Waals surface area contributed by atoms with Gasteiger partial charge in [0.15, 0.2) is 5.82 Å². The number of ether oxygens (including phenoxy) is 1. The van der Waals surface area contributed by atoms with Crippen LogP contribution >= 0.6 is 0 Å². The summed E-state index contributed by atoms with van der Waals surface area (Å²) in [6.07, 6.45) is 8.83. The Morgan fingerprint density at radius 2 is 2.08 bits per heavy atom. The van der Waals surface area contributed by atoms with Crippen molar-refractivity contribution in [2.24, 2.45) is 0 Å². The van der Waals surface area contributed by atoms with Crippen LogP contribution in [-0.2, 0) is 4.74 Å². The fourth-order valence-electron chi connectivity index (χ4n) is 4.08. The molecule has 2 aromatic rings. The number of amides is 1. The number of hydrogen-bond acceptors (Lipinski definition) is 7. The number of nitrogens with one attached hydrogen (secondary N) is 2. The molecule has 1 amide bonds. The Morgan fingerprint density at radius 3 is 2.81 bits per heavy atom. The molecule has 1 aliphatic heterocycles. The van der Waals surface area contributed by atoms with Crippen molar-refractivity contribution in [3.05, 3.63) is 18.1 Å². The molecule has 0 aromatic carbocycles. The van der Waals surface area contributed by atoms with Gasteiger partial charge in [-0.25, -0.2) is 0 Å². The lowest BCUT2D eigenvalue weighted by molar-refractivity contribution is -0.0361. The van der Waals surface area contributed by atoms with E-state index in [2.05, 4.69) is 35.9 Å². The second kappa shape index (κ2) is 7.50. The third-order valence-electron chi connectivity index (χ3n) is 5.49. The first-order valence-corrected chi connectivity index (χ1v) is 9.16. The Labute approximate surface area is 151 Å². The van der Waals surface area contributed by atoms with Crippen LogP contribution in [0.2, 0.25) is 0 Å². The van der Waals surface area contributed by atoms with Crippen LogP contribution in [0.5, 0.6) is 0 Å². The van der Waals surface area contributed by atoms with Crippen molar-refractivity contribution >= 4 is 5.91 Å². The molecule has 0 spiro atoms. The summed E-state index contributed by atoms with van der Waals surface area (Å²) in [6.45, 7) is 4.02. The average Bonchev–Trinajstić information content (AvgIpc) is 3.39. The zero-order valence-electron chi connectivity index (χ0n) is 14.7. The summed E-state index contributed by atoms with van der Waals surface area (Å²) in [5.74, 6) is 0.305. The van der Waals surface area contributed by atoms with E-state index in [0.29, 0.717) is 17.9 Å². The van der Waals surface area contributed by atoms with Gasteiger partial charge in [0.1, 0.15) is 11.9 Å². The van der Waals surface area contributed by atoms with Crippen molar-refractivity contribution in [3.8, 4) is 5.82 Å². The standard InChI is InChI=1S/C16H24N8O2/c25-15(13-10-18-20-14(13)24-12-19-21-22-24)17-11-16(4-2-1-3-5-16)23-6-8-26-9-7-23/h10,12H,1-9,11H2,(H,17,25)(H,18,20). The molecular weight excluding hydrogens is 336 g/mol. The smallest absolute Gasteiger partial charge is 0.256 e. The summed E-state index contributed by atoms with van der Waals surface area (Å²) in [4.78, 5) is 15.3. The molecule has 1 saturated carbocycles. The van der Waals surface area contributed by atoms with Crippen LogP contribution in [0.25, 0.3) is 5.82 Å². The van der Waals surface area contributed by atoms with Crippen molar-refractivity contribution in [1.82, 2.24) is 40.6 Å². The number of aromatic amines is 1. The van der Waals surface area contributed by atoms with Crippen molar-refractivity contribution < 1.29 is 9.53 Å². The van der Waals surface area contributed by atoms with E-state index >= 15 is 0 Å². The number of carbonyl (C=O) groups is 1. The lowest BCUT2D eigenvalue weighted by Crippen LogP contribution is -2.59. The molecule has 4 rings (SSSR count). The summed E-state index contributed by atoms with van der Waals surface area (Å²) in [6, 6.07) is 0. The predicted octanol–water partition coefficient (Wildman–Crippen LogP) is 0.150. The van der Waals surface area contributed by atoms with Crippen LogP contribution in [0.15, 0.2) is 12.5 Å². The van der Waals surface area contributed by atoms with E-state index in [1.165, 1.54) is 36.5 Å². The van der Waals surface area contributed by atoms with E-state index < -0.39 is 0 Å². The Morgan fingerprint density at radius 1 is 1.27 bits per heavy atom. The van der Waals surface area contributed by atoms with Gasteiger partial charge in [0.2, 0.25) is 0 Å². The molecule has 10 nitrogen and oxygen atoms in total. The molecule has 140 valence electrons. The van der Waals surface area contributed by atoms with Crippen molar-refractivity contribution in [2.45, 2.75) is 37.6 Å². The molecule has 10 heteroatoms. The number of rotatable bonds is 5. The van der Waals surface area contributed by atoms with E-state index in [4.69, 9.17) is 4.74 Å². The SMILES string of the molecule is O=C(NCC1(N2CCOCC2)CCCCC1)c1cn[nH]c1-n1cnnn1. The molecule has 0 radical (unpaired) electrons. The van der Waals surface area contributed by atoms with E-state index in [-0.39, 0.29) is 11.4 Å². The minimum atomic E-state index is -0.164. The summed E-state index contributed by atoms with van der Waals surface area (Å²) in [5, 5.41) is 20.9. The van der Waals surface area contributed by atoms with Crippen LogP contribution in [0, 0.1) is 0 Å². The molecule has 2 N–H and O–H groups in total. The molecule has 1 aliphatic carbocycles. The van der Waals surface area contributed by atoms with Crippen LogP contribution in [-0.4, -0.2) is 79.6 Å². The summed E-state index contributed by atoms with van der Waals surface area (Å²) in [7, 11) is 0. The van der Waals surface area contributed by atoms with Crippen molar-refractivity contribution in [2.75, 3.05) is 32.8 Å². The highest BCUT2D eigenvalue weighted by molar-refractivity contribution is 5.96. The van der Waals surface area contributed by atoms with Gasteiger partial charge in [0.25, 0.3) is 5.91 Å². The number of H-pyrrole nitrogens is 1. The number of hydrogen-bond donors (Lipinski definition) is 2. The van der Waals surface area contributed by atoms with Crippen molar-refractivity contribution in [3.63, 3.8) is 0 Å². The Balaban J connectivity index is 1.48. The highest BCUT2D eigenvalue weighted by Gasteiger charge is 2.39. The molecular formula is C16H24N8O2. The first-order valence-electron chi connectivity index (χ1n) is 9.16. The predicted molar refractivity (Wildman–Crippen MR) is 91.8 cm³/mol. The molecule has 0 unspecified atom stereocenters. The zero-order valence-corrected chi connectivity index (χ0v) is 14.7. The number of aromatic nitrogens is 6. The van der Waals surface area contributed by atoms with Gasteiger partial charge >= 0.3 is 0 Å². The van der Waals surface area contributed by atoms with Gasteiger partial charge < -0.3 is 10.1 Å².